The monoisotopic (exact) mass is 768 g/mol. The van der Waals surface area contributed by atoms with Gasteiger partial charge in [-0.05, 0) is 192 Å². The quantitative estimate of drug-likeness (QED) is 0.157. The number of benzene rings is 6. The van der Waals surface area contributed by atoms with Crippen LogP contribution in [0.2, 0.25) is 0 Å². The topological polar surface area (TPSA) is 0 Å². The Bertz CT molecular complexity index is 3120. The molecule has 60 heavy (non-hydrogen) atoms. The van der Waals surface area contributed by atoms with Crippen LogP contribution in [0, 0.1) is 5.92 Å². The second-order valence-electron chi connectivity index (χ2n) is 18.2. The minimum absolute atomic E-state index is 0.207. The first-order valence-corrected chi connectivity index (χ1v) is 22.7. The van der Waals surface area contributed by atoms with Crippen LogP contribution in [0.1, 0.15) is 107 Å². The Morgan fingerprint density at radius 2 is 1.20 bits per heavy atom. The Balaban J connectivity index is 1.06. The van der Waals surface area contributed by atoms with Gasteiger partial charge in [0.1, 0.15) is 0 Å². The minimum Gasteiger partial charge on any atom is -0.0839 e. The van der Waals surface area contributed by atoms with Crippen LogP contribution in [0.15, 0.2) is 174 Å². The first-order chi connectivity index (χ1) is 29.8. The third kappa shape index (κ3) is 5.23. The van der Waals surface area contributed by atoms with Crippen LogP contribution in [0.5, 0.6) is 0 Å². The lowest BCUT2D eigenvalue weighted by atomic mass is 9.62. The highest BCUT2D eigenvalue weighted by Gasteiger charge is 2.40. The smallest absolute Gasteiger partial charge is 0.0138 e. The lowest BCUT2D eigenvalue weighted by Gasteiger charge is -2.41. The Morgan fingerprint density at radius 3 is 2.13 bits per heavy atom. The van der Waals surface area contributed by atoms with Gasteiger partial charge < -0.3 is 0 Å². The van der Waals surface area contributed by atoms with E-state index in [0.717, 1.165) is 44.9 Å². The molecule has 0 aliphatic heterocycles. The number of hydrogen-bond donors (Lipinski definition) is 0. The summed E-state index contributed by atoms with van der Waals surface area (Å²) in [5.41, 5.74) is 25.2. The molecule has 7 aliphatic rings. The zero-order valence-electron chi connectivity index (χ0n) is 34.2. The van der Waals surface area contributed by atoms with Gasteiger partial charge in [-0.2, -0.15) is 0 Å². The predicted octanol–water partition coefficient (Wildman–Crippen LogP) is 15.6. The molecular weight excluding hydrogens is 721 g/mol. The average molecular weight is 769 g/mol. The molecule has 0 heteroatoms. The molecule has 0 saturated carbocycles. The van der Waals surface area contributed by atoms with Gasteiger partial charge in [0.05, 0.1) is 0 Å². The first-order valence-electron chi connectivity index (χ1n) is 22.7. The maximum atomic E-state index is 2.74. The molecule has 0 fully saturated rings. The molecule has 6 aromatic carbocycles. The van der Waals surface area contributed by atoms with Crippen molar-refractivity contribution in [1.82, 2.24) is 0 Å². The van der Waals surface area contributed by atoms with Crippen molar-refractivity contribution < 1.29 is 0 Å². The fraction of sp³-hybridized carbons (Fsp3) is 0.200. The van der Waals surface area contributed by atoms with Crippen molar-refractivity contribution in [1.29, 1.82) is 0 Å². The van der Waals surface area contributed by atoms with Gasteiger partial charge in [-0.15, -0.1) is 0 Å². The van der Waals surface area contributed by atoms with Crippen LogP contribution in [-0.2, 0) is 12.8 Å². The summed E-state index contributed by atoms with van der Waals surface area (Å²) < 4.78 is 0. The van der Waals surface area contributed by atoms with Gasteiger partial charge in [0.2, 0.25) is 0 Å². The maximum absolute atomic E-state index is 2.74. The van der Waals surface area contributed by atoms with Crippen LogP contribution in [0.4, 0.5) is 0 Å². The molecule has 3 unspecified atom stereocenters. The zero-order chi connectivity index (χ0) is 39.3. The van der Waals surface area contributed by atoms with Crippen molar-refractivity contribution in [2.24, 2.45) is 5.92 Å². The van der Waals surface area contributed by atoms with Crippen LogP contribution < -0.4 is 0 Å². The summed E-state index contributed by atoms with van der Waals surface area (Å²) in [4.78, 5) is 0. The molecular formula is C60H48. The third-order valence-electron chi connectivity index (χ3n) is 15.1. The highest BCUT2D eigenvalue weighted by atomic mass is 14.4. The van der Waals surface area contributed by atoms with Crippen LogP contribution in [-0.4, -0.2) is 0 Å². The molecule has 0 nitrogen and oxygen atoms in total. The van der Waals surface area contributed by atoms with E-state index in [9.17, 15) is 0 Å². The van der Waals surface area contributed by atoms with Gasteiger partial charge in [0.15, 0.2) is 0 Å². The van der Waals surface area contributed by atoms with E-state index in [1.54, 1.807) is 33.4 Å². The Labute approximate surface area is 354 Å². The molecule has 0 bridgehead atoms. The molecule has 0 spiro atoms. The van der Waals surface area contributed by atoms with Crippen LogP contribution in [0.3, 0.4) is 0 Å². The van der Waals surface area contributed by atoms with Gasteiger partial charge in [-0.1, -0.05) is 146 Å². The highest BCUT2D eigenvalue weighted by molar-refractivity contribution is 6.14. The summed E-state index contributed by atoms with van der Waals surface area (Å²) in [7, 11) is 0. The second kappa shape index (κ2) is 13.7. The lowest BCUT2D eigenvalue weighted by Crippen LogP contribution is -2.25. The van der Waals surface area contributed by atoms with Crippen molar-refractivity contribution >= 4 is 44.8 Å². The molecule has 7 aliphatic carbocycles. The van der Waals surface area contributed by atoms with Gasteiger partial charge >= 0.3 is 0 Å². The van der Waals surface area contributed by atoms with Gasteiger partial charge in [0.25, 0.3) is 0 Å². The van der Waals surface area contributed by atoms with E-state index in [2.05, 4.69) is 164 Å². The van der Waals surface area contributed by atoms with Gasteiger partial charge in [0, 0.05) is 17.8 Å². The van der Waals surface area contributed by atoms with Crippen molar-refractivity contribution in [2.75, 3.05) is 0 Å². The fourth-order valence-corrected chi connectivity index (χ4v) is 12.5. The predicted molar refractivity (Wildman–Crippen MR) is 254 cm³/mol. The SMILES string of the molecule is C1=CC2=C(CC1)C1=C(C=CCC1)C(C1=CC3c4ccccc4C(c4cc5c(c6c4C=CCC6)CCC=C5)=CC3c3cc(-c4cc5ccccc5c5ccccc45)ccc31)C2. The number of rotatable bonds is 3. The molecule has 0 amide bonds. The van der Waals surface area contributed by atoms with Gasteiger partial charge in [-0.25, -0.2) is 0 Å². The lowest BCUT2D eigenvalue weighted by molar-refractivity contribution is 0.673. The Morgan fingerprint density at radius 1 is 0.467 bits per heavy atom. The molecule has 288 valence electrons. The molecule has 0 aromatic heterocycles. The zero-order valence-corrected chi connectivity index (χ0v) is 34.2. The molecule has 3 atom stereocenters. The molecule has 0 radical (unpaired) electrons. The van der Waals surface area contributed by atoms with E-state index in [0.29, 0.717) is 5.92 Å². The second-order valence-corrected chi connectivity index (χ2v) is 18.2. The minimum atomic E-state index is 0.207. The summed E-state index contributed by atoms with van der Waals surface area (Å²) in [6.45, 7) is 0. The molecule has 0 heterocycles. The van der Waals surface area contributed by atoms with E-state index in [-0.39, 0.29) is 11.8 Å². The molecule has 13 rings (SSSR count). The summed E-state index contributed by atoms with van der Waals surface area (Å²) in [5, 5.41) is 5.26. The van der Waals surface area contributed by atoms with Crippen LogP contribution in [0.25, 0.3) is 56.0 Å². The largest absolute Gasteiger partial charge is 0.0839 e. The Hall–Kier alpha value is -6.24. The van der Waals surface area contributed by atoms with Gasteiger partial charge in [-0.3, -0.25) is 0 Å². The fourth-order valence-electron chi connectivity index (χ4n) is 12.5. The van der Waals surface area contributed by atoms with Crippen LogP contribution >= 0.6 is 0 Å². The van der Waals surface area contributed by atoms with Crippen molar-refractivity contribution in [2.45, 2.75) is 69.6 Å². The first kappa shape index (κ1) is 34.6. The van der Waals surface area contributed by atoms with E-state index < -0.39 is 0 Å². The summed E-state index contributed by atoms with van der Waals surface area (Å²) in [6.07, 6.45) is 35.3. The van der Waals surface area contributed by atoms with E-state index in [1.807, 2.05) is 0 Å². The Kier molecular flexibility index (Phi) is 7.87. The molecule has 0 saturated heterocycles. The van der Waals surface area contributed by atoms with Crippen molar-refractivity contribution in [3.8, 4) is 11.1 Å². The number of hydrogen-bond acceptors (Lipinski definition) is 0. The van der Waals surface area contributed by atoms with Crippen molar-refractivity contribution in [3.05, 3.63) is 224 Å². The number of fused-ring (bicyclic) bond motifs is 12. The molecule has 0 N–H and O–H groups in total. The molecule has 6 aromatic rings. The number of allylic oxidation sites excluding steroid dienone is 13. The average Bonchev–Trinajstić information content (AvgIpc) is 3.32. The highest BCUT2D eigenvalue weighted by Crippen LogP contribution is 2.57. The maximum Gasteiger partial charge on any atom is 0.0138 e. The summed E-state index contributed by atoms with van der Waals surface area (Å²) in [5.74, 6) is 0.791. The normalized spacial score (nSPS) is 22.0. The van der Waals surface area contributed by atoms with Crippen molar-refractivity contribution in [3.63, 3.8) is 0 Å². The van der Waals surface area contributed by atoms with E-state index >= 15 is 0 Å². The summed E-state index contributed by atoms with van der Waals surface area (Å²) in [6, 6.07) is 40.0. The third-order valence-corrected chi connectivity index (χ3v) is 15.1. The van der Waals surface area contributed by atoms with E-state index in [4.69, 9.17) is 0 Å². The summed E-state index contributed by atoms with van der Waals surface area (Å²) >= 11 is 0. The van der Waals surface area contributed by atoms with E-state index in [1.165, 1.54) is 95.6 Å². The standard InChI is InChI=1S/C60H48/c1-4-18-41-37(15-1)31-53(47-24-10-7-21-44(41)47)40-29-30-52-56(34-40)60-36-57(54-32-38-16-2-5-19-42(38)45-22-8-11-25-48(45)54)50-27-13-14-28-51(50)58(60)35-59(52)55-33-39-17-3-6-20-43(39)46-23-9-12-26-49(46)55/h1-4,7,10-18,21,24-32,34-36,55,58,60H,5-6,8-9,19-20,22-23,33H2.